The lowest BCUT2D eigenvalue weighted by Gasteiger charge is -2.32. The number of aromatic nitrogens is 2. The largest absolute Gasteiger partial charge is 0.479 e. The number of hydrogen-bond donors (Lipinski definition) is 2. The molecule has 15 heteroatoms. The molecule has 0 saturated carbocycles. The average Bonchev–Trinajstić information content (AvgIpc) is 3.10. The molecule has 3 rings (SSSR count). The molecule has 174 valence electrons. The van der Waals surface area contributed by atoms with Crippen LogP contribution in [0.1, 0.15) is 27.5 Å². The van der Waals surface area contributed by atoms with Gasteiger partial charge < -0.3 is 9.72 Å². The standard InChI is InChI=1S/C17H13F7N4O3S/c1-31-14-10(4-9(18)13(27-14)16(19,20)21)28-32(29,30)12-6-26-11-5-15(7-25,17(22,23)24)3-2-8(11)12/h4,6,26,28H,2-3,5H2,1H3/t15-/m1/s1/i1D3. The molecule has 2 aromatic heterocycles. The van der Waals surface area contributed by atoms with Gasteiger partial charge in [0.25, 0.3) is 10.0 Å². The van der Waals surface area contributed by atoms with Crippen LogP contribution >= 0.6 is 0 Å². The van der Waals surface area contributed by atoms with Crippen LogP contribution in [0.3, 0.4) is 0 Å². The lowest BCUT2D eigenvalue weighted by molar-refractivity contribution is -0.206. The van der Waals surface area contributed by atoms with E-state index in [1.165, 1.54) is 6.07 Å². The molecule has 0 unspecified atom stereocenters. The lowest BCUT2D eigenvalue weighted by Crippen LogP contribution is -2.41. The second-order valence-electron chi connectivity index (χ2n) is 6.86. The molecular formula is C17H13F7N4O3S. The Morgan fingerprint density at radius 3 is 2.59 bits per heavy atom. The van der Waals surface area contributed by atoms with E-state index in [0.29, 0.717) is 0 Å². The van der Waals surface area contributed by atoms with Crippen LogP contribution in [0.2, 0.25) is 0 Å². The maximum absolute atomic E-state index is 14.0. The summed E-state index contributed by atoms with van der Waals surface area (Å²) in [6.45, 7) is 0. The molecule has 2 heterocycles. The second kappa shape index (κ2) is 7.54. The van der Waals surface area contributed by atoms with Crippen LogP contribution in [-0.2, 0) is 29.0 Å². The number of nitrogens with one attached hydrogen (secondary N) is 2. The molecule has 2 aromatic rings. The number of halogens is 7. The Hall–Kier alpha value is -3.02. The number of ether oxygens (including phenoxy) is 1. The van der Waals surface area contributed by atoms with Gasteiger partial charge in [0.05, 0.1) is 17.2 Å². The highest BCUT2D eigenvalue weighted by Crippen LogP contribution is 2.48. The maximum Gasteiger partial charge on any atom is 0.436 e. The minimum atomic E-state index is -5.38. The molecule has 1 atom stereocenters. The highest BCUT2D eigenvalue weighted by molar-refractivity contribution is 7.92. The van der Waals surface area contributed by atoms with Crippen molar-refractivity contribution in [2.24, 2.45) is 5.41 Å². The first-order valence-corrected chi connectivity index (χ1v) is 9.95. The molecule has 1 aliphatic carbocycles. The first-order chi connectivity index (χ1) is 15.8. The van der Waals surface area contributed by atoms with Crippen molar-refractivity contribution in [2.75, 3.05) is 11.8 Å². The number of rotatable bonds is 4. The van der Waals surface area contributed by atoms with Gasteiger partial charge in [-0.3, -0.25) is 4.72 Å². The third kappa shape index (κ3) is 3.94. The average molecular weight is 489 g/mol. The van der Waals surface area contributed by atoms with Crippen molar-refractivity contribution in [3.63, 3.8) is 0 Å². The minimum Gasteiger partial charge on any atom is -0.479 e. The summed E-state index contributed by atoms with van der Waals surface area (Å²) in [5.74, 6) is -3.46. The van der Waals surface area contributed by atoms with Crippen molar-refractivity contribution in [3.8, 4) is 11.9 Å². The highest BCUT2D eigenvalue weighted by atomic mass is 32.2. The Morgan fingerprint density at radius 2 is 2.03 bits per heavy atom. The fraction of sp³-hybridized carbons (Fsp3) is 0.412. The fourth-order valence-electron chi connectivity index (χ4n) is 3.30. The topological polar surface area (TPSA) is 108 Å². The number of hydrogen-bond acceptors (Lipinski definition) is 5. The predicted octanol–water partition coefficient (Wildman–Crippen LogP) is 3.94. The van der Waals surface area contributed by atoms with Crippen molar-refractivity contribution >= 4 is 15.7 Å². The number of alkyl halides is 6. The molecule has 1 aliphatic rings. The Bertz CT molecular complexity index is 1300. The zero-order valence-corrected chi connectivity index (χ0v) is 16.3. The quantitative estimate of drug-likeness (QED) is 0.633. The molecule has 0 aromatic carbocycles. The molecule has 0 saturated heterocycles. The van der Waals surface area contributed by atoms with Gasteiger partial charge in [0.1, 0.15) is 10.6 Å². The third-order valence-corrected chi connectivity index (χ3v) is 6.35. The van der Waals surface area contributed by atoms with Crippen LogP contribution in [-0.4, -0.2) is 31.6 Å². The highest BCUT2D eigenvalue weighted by Gasteiger charge is 2.57. The molecule has 7 nitrogen and oxygen atoms in total. The van der Waals surface area contributed by atoms with E-state index in [1.807, 2.05) is 0 Å². The summed E-state index contributed by atoms with van der Waals surface area (Å²) in [5.41, 5.74) is -6.38. The van der Waals surface area contributed by atoms with E-state index < -0.39 is 82.1 Å². The van der Waals surface area contributed by atoms with Gasteiger partial charge in [-0.2, -0.15) is 31.6 Å². The van der Waals surface area contributed by atoms with Gasteiger partial charge in [-0.25, -0.2) is 17.8 Å². The number of fused-ring (bicyclic) bond motifs is 1. The number of sulfonamides is 1. The molecule has 32 heavy (non-hydrogen) atoms. The molecule has 0 radical (unpaired) electrons. The normalized spacial score (nSPS) is 21.0. The number of methoxy groups -OCH3 is 1. The number of H-pyrrole nitrogens is 1. The summed E-state index contributed by atoms with van der Waals surface area (Å²) in [7, 11) is -8.23. The van der Waals surface area contributed by atoms with E-state index in [1.54, 1.807) is 4.72 Å². The minimum absolute atomic E-state index is 0.0118. The summed E-state index contributed by atoms with van der Waals surface area (Å²) in [6, 6.07) is 1.23. The first kappa shape index (κ1) is 19.6. The molecule has 2 N–H and O–H groups in total. The molecule has 0 aliphatic heterocycles. The molecule has 0 fully saturated rings. The van der Waals surface area contributed by atoms with Crippen molar-refractivity contribution < 1.29 is 48.0 Å². The summed E-state index contributed by atoms with van der Waals surface area (Å²) in [5, 5.41) is 9.10. The number of aromatic amines is 1. The number of anilines is 1. The van der Waals surface area contributed by atoms with Crippen molar-refractivity contribution in [2.45, 2.75) is 36.5 Å². The molecule has 0 bridgehead atoms. The van der Waals surface area contributed by atoms with Gasteiger partial charge in [-0.1, -0.05) is 0 Å². The molecule has 0 spiro atoms. The van der Waals surface area contributed by atoms with E-state index in [2.05, 4.69) is 14.7 Å². The monoisotopic (exact) mass is 489 g/mol. The number of nitrogens with zero attached hydrogens (tertiary/aromatic N) is 2. The van der Waals surface area contributed by atoms with Crippen LogP contribution in [0.5, 0.6) is 5.88 Å². The maximum atomic E-state index is 14.0. The van der Waals surface area contributed by atoms with E-state index in [9.17, 15) is 39.2 Å². The van der Waals surface area contributed by atoms with E-state index >= 15 is 0 Å². The lowest BCUT2D eigenvalue weighted by atomic mass is 9.74. The van der Waals surface area contributed by atoms with E-state index in [-0.39, 0.29) is 17.3 Å². The Balaban J connectivity index is 2.03. The van der Waals surface area contributed by atoms with E-state index in [0.717, 1.165) is 6.20 Å². The van der Waals surface area contributed by atoms with Gasteiger partial charge in [0, 0.05) is 24.4 Å². The van der Waals surface area contributed by atoms with Gasteiger partial charge in [0.15, 0.2) is 16.9 Å². The predicted molar refractivity (Wildman–Crippen MR) is 93.5 cm³/mol. The Labute approximate surface area is 180 Å². The van der Waals surface area contributed by atoms with Gasteiger partial charge in [-0.15, -0.1) is 0 Å². The summed E-state index contributed by atoms with van der Waals surface area (Å²) >= 11 is 0. The smallest absolute Gasteiger partial charge is 0.436 e. The zero-order valence-electron chi connectivity index (χ0n) is 18.4. The SMILES string of the molecule is [2H]C([2H])([2H])Oc1nc(C(F)(F)F)c(F)cc1NS(=O)(=O)c1c[nH]c2c1CC[C@@](C#N)(C(F)(F)F)C2. The fourth-order valence-corrected chi connectivity index (χ4v) is 4.61. The Morgan fingerprint density at radius 1 is 1.34 bits per heavy atom. The number of pyridine rings is 1. The van der Waals surface area contributed by atoms with Crippen LogP contribution in [0.4, 0.5) is 36.4 Å². The van der Waals surface area contributed by atoms with Gasteiger partial charge in [0.2, 0.25) is 5.88 Å². The van der Waals surface area contributed by atoms with Crippen LogP contribution in [0, 0.1) is 22.6 Å². The Kier molecular flexibility index (Phi) is 4.63. The molecular weight excluding hydrogens is 473 g/mol. The first-order valence-electron chi connectivity index (χ1n) is 9.96. The molecule has 0 amide bonds. The van der Waals surface area contributed by atoms with Gasteiger partial charge >= 0.3 is 12.4 Å². The van der Waals surface area contributed by atoms with Crippen LogP contribution in [0.25, 0.3) is 0 Å². The summed E-state index contributed by atoms with van der Waals surface area (Å²) in [4.78, 5) is 4.47. The van der Waals surface area contributed by atoms with Crippen LogP contribution in [0.15, 0.2) is 17.2 Å². The van der Waals surface area contributed by atoms with Crippen LogP contribution < -0.4 is 9.46 Å². The number of nitriles is 1. The van der Waals surface area contributed by atoms with Gasteiger partial charge in [-0.05, 0) is 18.4 Å². The zero-order chi connectivity index (χ0) is 26.6. The van der Waals surface area contributed by atoms with Crippen molar-refractivity contribution in [1.29, 1.82) is 5.26 Å². The third-order valence-electron chi connectivity index (χ3n) is 4.92. The summed E-state index contributed by atoms with van der Waals surface area (Å²) < 4.78 is 146. The van der Waals surface area contributed by atoms with Crippen molar-refractivity contribution in [3.05, 3.63) is 35.0 Å². The van der Waals surface area contributed by atoms with Crippen molar-refractivity contribution in [1.82, 2.24) is 9.97 Å². The van der Waals surface area contributed by atoms with E-state index in [4.69, 9.17) is 9.37 Å². The summed E-state index contributed by atoms with van der Waals surface area (Å²) in [6.07, 6.45) is -11.7. The second-order valence-corrected chi connectivity index (χ2v) is 8.51.